The van der Waals surface area contributed by atoms with Gasteiger partial charge in [-0.05, 0) is 12.5 Å². The summed E-state index contributed by atoms with van der Waals surface area (Å²) in [6.45, 7) is 0.631. The van der Waals surface area contributed by atoms with Crippen LogP contribution in [0.4, 0.5) is 0 Å². The number of aryl methyl sites for hydroxylation is 2. The van der Waals surface area contributed by atoms with Gasteiger partial charge in [-0.3, -0.25) is 4.79 Å². The molecule has 0 spiro atoms. The van der Waals surface area contributed by atoms with E-state index in [2.05, 4.69) is 9.97 Å². The van der Waals surface area contributed by atoms with Gasteiger partial charge in [-0.1, -0.05) is 0 Å². The highest BCUT2D eigenvalue weighted by molar-refractivity contribution is 6.17. The largest absolute Gasteiger partial charge is 0.481 e. The second-order valence-corrected chi connectivity index (χ2v) is 4.76. The summed E-state index contributed by atoms with van der Waals surface area (Å²) in [6, 6.07) is 3.64. The number of halogens is 1. The predicted molar refractivity (Wildman–Crippen MR) is 76.9 cm³/mol. The molecule has 2 N–H and O–H groups in total. The van der Waals surface area contributed by atoms with Crippen molar-refractivity contribution in [1.82, 2.24) is 14.5 Å². The average Bonchev–Trinajstić information content (AvgIpc) is 2.76. The highest BCUT2D eigenvalue weighted by Crippen LogP contribution is 2.19. The third kappa shape index (κ3) is 3.19. The number of carbonyl (C=O) groups is 1. The minimum absolute atomic E-state index is 0.307. The number of rotatable bonds is 7. The molecule has 0 saturated heterocycles. The van der Waals surface area contributed by atoms with Gasteiger partial charge in [0.15, 0.2) is 5.65 Å². The van der Waals surface area contributed by atoms with E-state index in [1.807, 2.05) is 10.6 Å². The van der Waals surface area contributed by atoms with Crippen molar-refractivity contribution >= 4 is 28.7 Å². The van der Waals surface area contributed by atoms with Crippen LogP contribution in [0.25, 0.3) is 11.2 Å². The quantitative estimate of drug-likeness (QED) is 0.785. The van der Waals surface area contributed by atoms with Gasteiger partial charge in [0.25, 0.3) is 0 Å². The van der Waals surface area contributed by atoms with Gasteiger partial charge in [0.2, 0.25) is 11.8 Å². The molecule has 0 aromatic carbocycles. The number of aromatic nitrogens is 3. The van der Waals surface area contributed by atoms with E-state index in [9.17, 15) is 4.79 Å². The van der Waals surface area contributed by atoms with Crippen LogP contribution in [0.15, 0.2) is 12.1 Å². The summed E-state index contributed by atoms with van der Waals surface area (Å²) in [4.78, 5) is 19.8. The maximum atomic E-state index is 10.8. The number of primary amides is 1. The second-order valence-electron chi connectivity index (χ2n) is 4.38. The summed E-state index contributed by atoms with van der Waals surface area (Å²) >= 11 is 5.81. The van der Waals surface area contributed by atoms with Gasteiger partial charge < -0.3 is 15.0 Å². The zero-order valence-corrected chi connectivity index (χ0v) is 12.1. The third-order valence-corrected chi connectivity index (χ3v) is 3.17. The van der Waals surface area contributed by atoms with E-state index in [1.54, 1.807) is 13.2 Å². The smallest absolute Gasteiger partial charge is 0.217 e. The molecule has 20 heavy (non-hydrogen) atoms. The van der Waals surface area contributed by atoms with Crippen molar-refractivity contribution in [1.29, 1.82) is 0 Å². The molecule has 0 bridgehead atoms. The molecule has 2 rings (SSSR count). The fraction of sp³-hybridized carbons (Fsp3) is 0.462. The van der Waals surface area contributed by atoms with Crippen molar-refractivity contribution in [2.45, 2.75) is 25.8 Å². The molecule has 0 atom stereocenters. The molecule has 7 heteroatoms. The second kappa shape index (κ2) is 6.56. The minimum atomic E-state index is -0.307. The molecule has 108 valence electrons. The first-order chi connectivity index (χ1) is 9.65. The Labute approximate surface area is 121 Å². The Bertz CT molecular complexity index is 612. The molecule has 0 aliphatic carbocycles. The Morgan fingerprint density at radius 2 is 2.25 bits per heavy atom. The minimum Gasteiger partial charge on any atom is -0.481 e. The molecule has 6 nitrogen and oxygen atoms in total. The summed E-state index contributed by atoms with van der Waals surface area (Å²) < 4.78 is 7.11. The number of fused-ring (bicyclic) bond motifs is 1. The lowest BCUT2D eigenvalue weighted by atomic mass is 10.3. The number of alkyl halides is 1. The van der Waals surface area contributed by atoms with Crippen molar-refractivity contribution < 1.29 is 9.53 Å². The Morgan fingerprint density at radius 3 is 2.90 bits per heavy atom. The third-order valence-electron chi connectivity index (χ3n) is 2.98. The Morgan fingerprint density at radius 1 is 1.45 bits per heavy atom. The molecule has 0 unspecified atom stereocenters. The molecular weight excluding hydrogens is 280 g/mol. The first kappa shape index (κ1) is 14.6. The summed E-state index contributed by atoms with van der Waals surface area (Å²) in [5.74, 6) is 1.57. The van der Waals surface area contributed by atoms with Crippen LogP contribution in [-0.2, 0) is 17.8 Å². The summed E-state index contributed by atoms with van der Waals surface area (Å²) in [5, 5.41) is 0. The normalized spacial score (nSPS) is 10.9. The maximum absolute atomic E-state index is 10.8. The predicted octanol–water partition coefficient (Wildman–Crippen LogP) is 1.49. The van der Waals surface area contributed by atoms with Crippen molar-refractivity contribution in [3.8, 4) is 5.88 Å². The zero-order valence-electron chi connectivity index (χ0n) is 11.3. The Hall–Kier alpha value is -1.82. The number of ether oxygens (including phenoxy) is 1. The van der Waals surface area contributed by atoms with Gasteiger partial charge in [0.05, 0.1) is 7.11 Å². The van der Waals surface area contributed by atoms with Gasteiger partial charge in [-0.25, -0.2) is 4.98 Å². The molecule has 0 fully saturated rings. The van der Waals surface area contributed by atoms with E-state index < -0.39 is 0 Å². The molecule has 2 aromatic heterocycles. The number of imidazole rings is 1. The number of amides is 1. The number of nitrogens with zero attached hydrogens (tertiary/aromatic N) is 3. The topological polar surface area (TPSA) is 83.0 Å². The van der Waals surface area contributed by atoms with Crippen molar-refractivity contribution in [2.75, 3.05) is 13.0 Å². The average molecular weight is 297 g/mol. The van der Waals surface area contributed by atoms with Crippen molar-refractivity contribution in [2.24, 2.45) is 5.73 Å². The Balaban J connectivity index is 2.35. The van der Waals surface area contributed by atoms with Gasteiger partial charge in [0, 0.05) is 31.3 Å². The lowest BCUT2D eigenvalue weighted by Crippen LogP contribution is -2.12. The van der Waals surface area contributed by atoms with Crippen LogP contribution in [0.1, 0.15) is 18.7 Å². The maximum Gasteiger partial charge on any atom is 0.217 e. The highest BCUT2D eigenvalue weighted by atomic mass is 35.5. The van der Waals surface area contributed by atoms with E-state index in [4.69, 9.17) is 22.1 Å². The van der Waals surface area contributed by atoms with Gasteiger partial charge in [-0.15, -0.1) is 11.6 Å². The molecule has 2 heterocycles. The standard InChI is InChI=1S/C13H17ClN4O2/c1-20-12-5-4-9-13(17-12)18(8-2-3-10(15)19)11(16-9)6-7-14/h4-5H,2-3,6-8H2,1H3,(H2,15,19). The van der Waals surface area contributed by atoms with Crippen LogP contribution in [-0.4, -0.2) is 33.4 Å². The number of hydrogen-bond donors (Lipinski definition) is 1. The molecular formula is C13H17ClN4O2. The van der Waals surface area contributed by atoms with Crippen LogP contribution < -0.4 is 10.5 Å². The van der Waals surface area contributed by atoms with E-state index in [1.165, 1.54) is 0 Å². The first-order valence-corrected chi connectivity index (χ1v) is 6.93. The van der Waals surface area contributed by atoms with Gasteiger partial charge in [-0.2, -0.15) is 4.98 Å². The number of carbonyl (C=O) groups excluding carboxylic acids is 1. The molecule has 0 saturated carbocycles. The lowest BCUT2D eigenvalue weighted by molar-refractivity contribution is -0.118. The SMILES string of the molecule is COc1ccc2nc(CCCl)n(CCCC(N)=O)c2n1. The lowest BCUT2D eigenvalue weighted by Gasteiger charge is -2.07. The van der Waals surface area contributed by atoms with Crippen molar-refractivity contribution in [3.05, 3.63) is 18.0 Å². The molecule has 2 aromatic rings. The number of nitrogens with two attached hydrogens (primary N) is 1. The van der Waals surface area contributed by atoms with Crippen molar-refractivity contribution in [3.63, 3.8) is 0 Å². The van der Waals surface area contributed by atoms with Gasteiger partial charge in [0.1, 0.15) is 11.3 Å². The monoisotopic (exact) mass is 296 g/mol. The molecule has 1 amide bonds. The van der Waals surface area contributed by atoms with Crippen LogP contribution in [0.3, 0.4) is 0 Å². The first-order valence-electron chi connectivity index (χ1n) is 6.40. The summed E-state index contributed by atoms with van der Waals surface area (Å²) in [6.07, 6.45) is 1.63. The fourth-order valence-electron chi connectivity index (χ4n) is 2.07. The van der Waals surface area contributed by atoms with E-state index in [0.29, 0.717) is 37.6 Å². The Kier molecular flexibility index (Phi) is 4.79. The van der Waals surface area contributed by atoms with Crippen LogP contribution in [0.2, 0.25) is 0 Å². The summed E-state index contributed by atoms with van der Waals surface area (Å²) in [7, 11) is 1.57. The van der Waals surface area contributed by atoms with Crippen LogP contribution in [0, 0.1) is 0 Å². The number of pyridine rings is 1. The van der Waals surface area contributed by atoms with Crippen LogP contribution in [0.5, 0.6) is 5.88 Å². The van der Waals surface area contributed by atoms with E-state index in [0.717, 1.165) is 17.0 Å². The van der Waals surface area contributed by atoms with Crippen LogP contribution >= 0.6 is 11.6 Å². The number of hydrogen-bond acceptors (Lipinski definition) is 4. The molecule has 0 aliphatic rings. The highest BCUT2D eigenvalue weighted by Gasteiger charge is 2.12. The van der Waals surface area contributed by atoms with Gasteiger partial charge >= 0.3 is 0 Å². The fourth-order valence-corrected chi connectivity index (χ4v) is 2.24. The van der Waals surface area contributed by atoms with E-state index >= 15 is 0 Å². The zero-order chi connectivity index (χ0) is 14.5. The molecule has 0 aliphatic heterocycles. The van der Waals surface area contributed by atoms with E-state index in [-0.39, 0.29) is 5.91 Å². The number of methoxy groups -OCH3 is 1. The molecule has 0 radical (unpaired) electrons. The summed E-state index contributed by atoms with van der Waals surface area (Å²) in [5.41, 5.74) is 6.71.